The maximum Gasteiger partial charge on any atom is 0.472 e. The number of phosphoric ester groups is 1. The van der Waals surface area contributed by atoms with Crippen molar-refractivity contribution in [3.63, 3.8) is 0 Å². The Morgan fingerprint density at radius 1 is 0.436 bits per heavy atom. The van der Waals surface area contributed by atoms with E-state index in [2.05, 4.69) is 38.2 Å². The molecule has 0 aliphatic carbocycles. The van der Waals surface area contributed by atoms with Gasteiger partial charge in [-0.2, -0.15) is 0 Å². The van der Waals surface area contributed by atoms with Gasteiger partial charge < -0.3 is 19.4 Å². The molecule has 0 saturated carbocycles. The number of rotatable bonds is 63. The minimum atomic E-state index is -4.45. The van der Waals surface area contributed by atoms with E-state index in [0.717, 1.165) is 64.2 Å². The molecule has 1 amide bonds. The Bertz CT molecular complexity index is 1380. The highest BCUT2D eigenvalue weighted by Gasteiger charge is 2.30. The SMILES string of the molecule is CCCCCC/C=C\CCCCCCCCCC(=O)NC(COP(=O)(O)OCC[N+](C)(C)C)C(/C=C\CCCCCCCCCCCC)OC(=O)CCCCCCCCCCCCCCCCCCCCCCCCCCC. The second-order valence-electron chi connectivity index (χ2n) is 24.7. The lowest BCUT2D eigenvalue weighted by atomic mass is 10.0. The second kappa shape index (κ2) is 58.7. The highest BCUT2D eigenvalue weighted by Crippen LogP contribution is 2.43. The van der Waals surface area contributed by atoms with Crippen LogP contribution in [0.15, 0.2) is 24.3 Å². The number of quaternary nitrogens is 1. The summed E-state index contributed by atoms with van der Waals surface area (Å²) in [6.45, 7) is 7.05. The third-order valence-corrected chi connectivity index (χ3v) is 16.6. The second-order valence-corrected chi connectivity index (χ2v) is 26.2. The number of nitrogens with zero attached hydrogens (tertiary/aromatic N) is 1. The molecule has 9 nitrogen and oxygen atoms in total. The predicted molar refractivity (Wildman–Crippen MR) is 337 cm³/mol. The Morgan fingerprint density at radius 2 is 0.744 bits per heavy atom. The molecule has 0 aliphatic heterocycles. The molecule has 3 atom stereocenters. The largest absolute Gasteiger partial charge is 0.472 e. The van der Waals surface area contributed by atoms with Gasteiger partial charge in [-0.25, -0.2) is 4.57 Å². The van der Waals surface area contributed by atoms with Gasteiger partial charge in [0.1, 0.15) is 19.3 Å². The third-order valence-electron chi connectivity index (χ3n) is 15.6. The number of ether oxygens (including phenoxy) is 1. The van der Waals surface area contributed by atoms with E-state index in [1.165, 1.54) is 250 Å². The Balaban J connectivity index is 5.02. The van der Waals surface area contributed by atoms with E-state index in [-0.39, 0.29) is 25.1 Å². The van der Waals surface area contributed by atoms with Crippen LogP contribution in [0.1, 0.15) is 348 Å². The molecule has 3 unspecified atom stereocenters. The molecule has 0 heterocycles. The average Bonchev–Trinajstić information content (AvgIpc) is 3.40. The van der Waals surface area contributed by atoms with Crippen LogP contribution < -0.4 is 5.32 Å². The summed E-state index contributed by atoms with van der Waals surface area (Å²) in [6, 6.07) is -0.845. The topological polar surface area (TPSA) is 111 Å². The zero-order valence-corrected chi connectivity index (χ0v) is 53.8. The number of allylic oxidation sites excluding steroid dienone is 3. The first-order valence-electron chi connectivity index (χ1n) is 34.2. The van der Waals surface area contributed by atoms with Crippen molar-refractivity contribution in [1.29, 1.82) is 0 Å². The van der Waals surface area contributed by atoms with Crippen molar-refractivity contribution < 1.29 is 37.3 Å². The Labute approximate surface area is 485 Å². The summed E-state index contributed by atoms with van der Waals surface area (Å²) in [5.41, 5.74) is 0. The molecule has 0 aromatic carbocycles. The number of nitrogens with one attached hydrogen (secondary N) is 1. The van der Waals surface area contributed by atoms with Gasteiger partial charge in [0.25, 0.3) is 0 Å². The predicted octanol–water partition coefficient (Wildman–Crippen LogP) is 21.3. The molecule has 0 saturated heterocycles. The number of phosphoric acid groups is 1. The van der Waals surface area contributed by atoms with Crippen LogP contribution in [0.3, 0.4) is 0 Å². The smallest absolute Gasteiger partial charge is 0.456 e. The Kier molecular flexibility index (Phi) is 57.5. The van der Waals surface area contributed by atoms with E-state index in [1.807, 2.05) is 33.3 Å². The molecule has 78 heavy (non-hydrogen) atoms. The van der Waals surface area contributed by atoms with E-state index >= 15 is 0 Å². The number of carbonyl (C=O) groups is 2. The van der Waals surface area contributed by atoms with Crippen LogP contribution in [-0.2, 0) is 27.9 Å². The van der Waals surface area contributed by atoms with Gasteiger partial charge in [-0.15, -0.1) is 0 Å². The number of carbonyl (C=O) groups excluding carboxylic acids is 2. The molecule has 0 aromatic heterocycles. The lowest BCUT2D eigenvalue weighted by molar-refractivity contribution is -0.870. The third kappa shape index (κ3) is 59.1. The molecular weight excluding hydrogens is 988 g/mol. The van der Waals surface area contributed by atoms with Crippen LogP contribution in [0, 0.1) is 0 Å². The lowest BCUT2D eigenvalue weighted by Gasteiger charge is -2.27. The first kappa shape index (κ1) is 76.5. The van der Waals surface area contributed by atoms with Crippen LogP contribution in [0.4, 0.5) is 0 Å². The summed E-state index contributed by atoms with van der Waals surface area (Å²) in [7, 11) is 1.51. The summed E-state index contributed by atoms with van der Waals surface area (Å²) in [4.78, 5) is 37.8. The van der Waals surface area contributed by atoms with Crippen molar-refractivity contribution in [2.24, 2.45) is 0 Å². The fraction of sp³-hybridized carbons (Fsp3) is 0.912. The molecule has 0 aliphatic rings. The number of hydrogen-bond acceptors (Lipinski definition) is 6. The van der Waals surface area contributed by atoms with Gasteiger partial charge in [-0.1, -0.05) is 302 Å². The highest BCUT2D eigenvalue weighted by atomic mass is 31.2. The number of likely N-dealkylation sites (N-methyl/N-ethyl adjacent to an activating group) is 1. The first-order valence-corrected chi connectivity index (χ1v) is 35.7. The standard InChI is InChI=1S/C68H133N2O7P/c1-7-10-13-16-19-22-25-28-30-31-32-33-34-35-36-37-38-39-41-43-46-49-52-55-58-61-68(72)77-66(59-56-53-50-47-44-27-24-21-18-15-12-9-3)65(64-76-78(73,74)75-63-62-70(4,5)6)69-67(71)60-57-54-51-48-45-42-40-29-26-23-20-17-14-11-8-2/h23,26,56,59,65-66H,7-22,24-25,27-55,57-58,60-64H2,1-6H3,(H-,69,71,73,74)/p+1/b26-23-,59-56-. The summed E-state index contributed by atoms with van der Waals surface area (Å²) >= 11 is 0. The summed E-state index contributed by atoms with van der Waals surface area (Å²) in [5, 5.41) is 3.06. The van der Waals surface area contributed by atoms with E-state index in [4.69, 9.17) is 13.8 Å². The number of esters is 1. The minimum Gasteiger partial charge on any atom is -0.456 e. The number of hydrogen-bond donors (Lipinski definition) is 2. The molecule has 0 aromatic rings. The molecule has 2 N–H and O–H groups in total. The van der Waals surface area contributed by atoms with Crippen LogP contribution in [0.2, 0.25) is 0 Å². The van der Waals surface area contributed by atoms with Crippen molar-refractivity contribution in [3.8, 4) is 0 Å². The lowest BCUT2D eigenvalue weighted by Crippen LogP contribution is -2.47. The molecule has 10 heteroatoms. The van der Waals surface area contributed by atoms with Crippen LogP contribution >= 0.6 is 7.82 Å². The van der Waals surface area contributed by atoms with Gasteiger partial charge in [0.15, 0.2) is 0 Å². The zero-order valence-electron chi connectivity index (χ0n) is 52.9. The van der Waals surface area contributed by atoms with Gasteiger partial charge in [0.05, 0.1) is 33.8 Å². The summed E-state index contributed by atoms with van der Waals surface area (Å²) in [6.07, 6.45) is 70.5. The maximum atomic E-state index is 13.6. The first-order chi connectivity index (χ1) is 37.9. The molecule has 0 fully saturated rings. The quantitative estimate of drug-likeness (QED) is 0.0205. The molecule has 0 bridgehead atoms. The molecule has 0 spiro atoms. The van der Waals surface area contributed by atoms with Crippen molar-refractivity contribution in [1.82, 2.24) is 5.32 Å². The van der Waals surface area contributed by atoms with E-state index in [0.29, 0.717) is 23.9 Å². The van der Waals surface area contributed by atoms with Crippen LogP contribution in [0.25, 0.3) is 0 Å². The normalized spacial score (nSPS) is 13.7. The fourth-order valence-electron chi connectivity index (χ4n) is 10.4. The molecule has 0 rings (SSSR count). The van der Waals surface area contributed by atoms with Crippen molar-refractivity contribution >= 4 is 19.7 Å². The van der Waals surface area contributed by atoms with Crippen molar-refractivity contribution in [3.05, 3.63) is 24.3 Å². The van der Waals surface area contributed by atoms with E-state index in [1.54, 1.807) is 0 Å². The molecule has 462 valence electrons. The summed E-state index contributed by atoms with van der Waals surface area (Å²) in [5.74, 6) is -0.491. The van der Waals surface area contributed by atoms with Gasteiger partial charge in [0.2, 0.25) is 5.91 Å². The van der Waals surface area contributed by atoms with Crippen molar-refractivity contribution in [2.75, 3.05) is 40.9 Å². The van der Waals surface area contributed by atoms with E-state index in [9.17, 15) is 19.0 Å². The Hall–Kier alpha value is -1.51. The van der Waals surface area contributed by atoms with Gasteiger partial charge in [0, 0.05) is 12.8 Å². The minimum absolute atomic E-state index is 0.0430. The number of amides is 1. The zero-order chi connectivity index (χ0) is 57.2. The van der Waals surface area contributed by atoms with Gasteiger partial charge in [-0.3, -0.25) is 18.6 Å². The highest BCUT2D eigenvalue weighted by molar-refractivity contribution is 7.47. The monoisotopic (exact) mass is 1120 g/mol. The maximum absolute atomic E-state index is 13.6. The van der Waals surface area contributed by atoms with Gasteiger partial charge >= 0.3 is 13.8 Å². The van der Waals surface area contributed by atoms with Crippen LogP contribution in [0.5, 0.6) is 0 Å². The Morgan fingerprint density at radius 3 is 1.10 bits per heavy atom. The van der Waals surface area contributed by atoms with E-state index < -0.39 is 20.0 Å². The van der Waals surface area contributed by atoms with Crippen LogP contribution in [-0.4, -0.2) is 74.3 Å². The summed E-state index contributed by atoms with van der Waals surface area (Å²) < 4.78 is 30.8. The molecular formula is C68H134N2O7P+. The fourth-order valence-corrected chi connectivity index (χ4v) is 11.1. The number of unbranched alkanes of at least 4 members (excludes halogenated alkanes) is 45. The van der Waals surface area contributed by atoms with Gasteiger partial charge in [-0.05, 0) is 57.4 Å². The van der Waals surface area contributed by atoms with Crippen molar-refractivity contribution in [2.45, 2.75) is 360 Å². The molecule has 0 radical (unpaired) electrons. The average molecular weight is 1120 g/mol.